The van der Waals surface area contributed by atoms with Crippen LogP contribution < -0.4 is 10.6 Å². The number of hydrogen-bond donors (Lipinski definition) is 2. The van der Waals surface area contributed by atoms with Gasteiger partial charge in [-0.05, 0) is 19.1 Å². The fourth-order valence-corrected chi connectivity index (χ4v) is 1.48. The number of amides is 1. The van der Waals surface area contributed by atoms with Crippen LogP contribution in [0.15, 0.2) is 18.2 Å². The molecule has 0 spiro atoms. The lowest BCUT2D eigenvalue weighted by molar-refractivity contribution is -0.120. The highest BCUT2D eigenvalue weighted by Gasteiger charge is 2.06. The number of carbonyl (C=O) groups is 1. The second-order valence-electron chi connectivity index (χ2n) is 3.23. The van der Waals surface area contributed by atoms with Gasteiger partial charge in [0, 0.05) is 19.5 Å². The highest BCUT2D eigenvalue weighted by atomic mass is 35.5. The number of anilines is 1. The van der Waals surface area contributed by atoms with Gasteiger partial charge in [-0.2, -0.15) is 0 Å². The maximum atomic E-state index is 13.3. The zero-order valence-electron chi connectivity index (χ0n) is 9.02. The Morgan fingerprint density at radius 3 is 2.88 bits per heavy atom. The summed E-state index contributed by atoms with van der Waals surface area (Å²) in [4.78, 5) is 11.1. The maximum absolute atomic E-state index is 13.3. The molecule has 0 unspecified atom stereocenters. The quantitative estimate of drug-likeness (QED) is 0.835. The smallest absolute Gasteiger partial charge is 0.221 e. The fraction of sp³-hybridized carbons (Fsp3) is 0.364. The van der Waals surface area contributed by atoms with Gasteiger partial charge in [0.2, 0.25) is 5.91 Å². The topological polar surface area (TPSA) is 41.1 Å². The lowest BCUT2D eigenvalue weighted by Gasteiger charge is -2.08. The van der Waals surface area contributed by atoms with Gasteiger partial charge < -0.3 is 10.6 Å². The molecule has 1 aromatic carbocycles. The van der Waals surface area contributed by atoms with E-state index in [1.807, 2.05) is 6.92 Å². The zero-order valence-corrected chi connectivity index (χ0v) is 9.77. The Hall–Kier alpha value is -1.29. The van der Waals surface area contributed by atoms with Crippen LogP contribution in [0.4, 0.5) is 10.1 Å². The van der Waals surface area contributed by atoms with Crippen molar-refractivity contribution >= 4 is 23.2 Å². The third-order valence-corrected chi connectivity index (χ3v) is 2.31. The van der Waals surface area contributed by atoms with Gasteiger partial charge >= 0.3 is 0 Å². The molecule has 0 atom stereocenters. The number of carbonyl (C=O) groups excluding carboxylic acids is 1. The van der Waals surface area contributed by atoms with Crippen LogP contribution in [-0.4, -0.2) is 19.0 Å². The van der Waals surface area contributed by atoms with E-state index < -0.39 is 5.82 Å². The summed E-state index contributed by atoms with van der Waals surface area (Å²) in [7, 11) is 0. The second kappa shape index (κ2) is 6.33. The molecule has 2 N–H and O–H groups in total. The van der Waals surface area contributed by atoms with Crippen molar-refractivity contribution in [1.82, 2.24) is 5.32 Å². The predicted molar refractivity (Wildman–Crippen MR) is 63.2 cm³/mol. The summed E-state index contributed by atoms with van der Waals surface area (Å²) >= 11 is 5.80. The number of nitrogens with one attached hydrogen (secondary N) is 2. The molecule has 0 saturated carbocycles. The van der Waals surface area contributed by atoms with E-state index in [2.05, 4.69) is 10.6 Å². The Balaban J connectivity index is 2.46. The molecule has 1 rings (SSSR count). The Labute approximate surface area is 99.0 Å². The van der Waals surface area contributed by atoms with E-state index in [4.69, 9.17) is 11.6 Å². The zero-order chi connectivity index (χ0) is 12.0. The van der Waals surface area contributed by atoms with Crippen molar-refractivity contribution in [3.8, 4) is 0 Å². The van der Waals surface area contributed by atoms with E-state index in [1.165, 1.54) is 12.1 Å². The van der Waals surface area contributed by atoms with Gasteiger partial charge in [-0.1, -0.05) is 17.7 Å². The van der Waals surface area contributed by atoms with Crippen LogP contribution in [0.3, 0.4) is 0 Å². The summed E-state index contributed by atoms with van der Waals surface area (Å²) in [6.07, 6.45) is 0.290. The van der Waals surface area contributed by atoms with Crippen molar-refractivity contribution in [2.45, 2.75) is 13.3 Å². The lowest BCUT2D eigenvalue weighted by atomic mass is 10.3. The Kier molecular flexibility index (Phi) is 5.05. The maximum Gasteiger partial charge on any atom is 0.221 e. The molecular formula is C11H14ClFN2O. The molecule has 1 aromatic rings. The average Bonchev–Trinajstić information content (AvgIpc) is 2.23. The Bertz CT molecular complexity index is 351. The first-order valence-corrected chi connectivity index (χ1v) is 5.47. The van der Waals surface area contributed by atoms with Crippen LogP contribution in [-0.2, 0) is 4.79 Å². The fourth-order valence-electron chi connectivity index (χ4n) is 1.25. The van der Waals surface area contributed by atoms with Crippen LogP contribution in [0.5, 0.6) is 0 Å². The molecule has 0 aliphatic rings. The Morgan fingerprint density at radius 2 is 2.25 bits per heavy atom. The number of rotatable bonds is 5. The van der Waals surface area contributed by atoms with Gasteiger partial charge in [0.15, 0.2) is 0 Å². The molecule has 0 bridgehead atoms. The van der Waals surface area contributed by atoms with E-state index in [0.717, 1.165) is 0 Å². The summed E-state index contributed by atoms with van der Waals surface area (Å²) in [5.41, 5.74) is 0.244. The molecule has 0 aromatic heterocycles. The summed E-state index contributed by atoms with van der Waals surface area (Å²) in [6, 6.07) is 4.45. The molecule has 0 aliphatic heterocycles. The van der Waals surface area contributed by atoms with Gasteiger partial charge in [0.25, 0.3) is 0 Å². The van der Waals surface area contributed by atoms with Gasteiger partial charge in [0.05, 0.1) is 10.7 Å². The van der Waals surface area contributed by atoms with E-state index in [0.29, 0.717) is 24.5 Å². The number of hydrogen-bond acceptors (Lipinski definition) is 2. The molecule has 5 heteroatoms. The van der Waals surface area contributed by atoms with Crippen LogP contribution in [0.1, 0.15) is 13.3 Å². The third-order valence-electron chi connectivity index (χ3n) is 1.99. The minimum absolute atomic E-state index is 0.0672. The number of para-hydroxylation sites is 1. The van der Waals surface area contributed by atoms with E-state index in [-0.39, 0.29) is 11.6 Å². The minimum Gasteiger partial charge on any atom is -0.381 e. The molecule has 16 heavy (non-hydrogen) atoms. The van der Waals surface area contributed by atoms with Gasteiger partial charge in [0.1, 0.15) is 5.82 Å². The van der Waals surface area contributed by atoms with Crippen LogP contribution in [0.2, 0.25) is 5.02 Å². The third kappa shape index (κ3) is 3.70. The number of halogens is 2. The summed E-state index contributed by atoms with van der Waals surface area (Å²) in [5.74, 6) is -0.481. The average molecular weight is 245 g/mol. The highest BCUT2D eigenvalue weighted by molar-refractivity contribution is 6.33. The SMILES string of the molecule is CCNC(=O)CCNc1c(F)cccc1Cl. The first-order valence-electron chi connectivity index (χ1n) is 5.09. The highest BCUT2D eigenvalue weighted by Crippen LogP contribution is 2.24. The summed E-state index contributed by atoms with van der Waals surface area (Å²) in [5, 5.41) is 5.77. The van der Waals surface area contributed by atoms with Crippen LogP contribution in [0, 0.1) is 5.82 Å². The van der Waals surface area contributed by atoms with Crippen molar-refractivity contribution in [3.63, 3.8) is 0 Å². The second-order valence-corrected chi connectivity index (χ2v) is 3.63. The predicted octanol–water partition coefficient (Wildman–Crippen LogP) is 2.42. The molecule has 0 fully saturated rings. The molecule has 0 radical (unpaired) electrons. The molecule has 3 nitrogen and oxygen atoms in total. The molecular weight excluding hydrogens is 231 g/mol. The van der Waals surface area contributed by atoms with Crippen molar-refractivity contribution in [2.75, 3.05) is 18.4 Å². The van der Waals surface area contributed by atoms with Crippen molar-refractivity contribution in [3.05, 3.63) is 29.0 Å². The van der Waals surface area contributed by atoms with E-state index >= 15 is 0 Å². The van der Waals surface area contributed by atoms with Gasteiger partial charge in [-0.3, -0.25) is 4.79 Å². The van der Waals surface area contributed by atoms with Gasteiger partial charge in [-0.15, -0.1) is 0 Å². The van der Waals surface area contributed by atoms with Crippen molar-refractivity contribution < 1.29 is 9.18 Å². The van der Waals surface area contributed by atoms with Crippen LogP contribution in [0.25, 0.3) is 0 Å². The lowest BCUT2D eigenvalue weighted by Crippen LogP contribution is -2.24. The first-order chi connectivity index (χ1) is 7.65. The molecule has 0 heterocycles. The summed E-state index contributed by atoms with van der Waals surface area (Å²) < 4.78 is 13.3. The summed E-state index contributed by atoms with van der Waals surface area (Å²) in [6.45, 7) is 2.80. The number of benzene rings is 1. The normalized spacial score (nSPS) is 9.94. The molecule has 0 saturated heterocycles. The molecule has 0 aliphatic carbocycles. The van der Waals surface area contributed by atoms with Gasteiger partial charge in [-0.25, -0.2) is 4.39 Å². The Morgan fingerprint density at radius 1 is 1.50 bits per heavy atom. The minimum atomic E-state index is -0.414. The first kappa shape index (κ1) is 12.8. The van der Waals surface area contributed by atoms with E-state index in [1.54, 1.807) is 6.07 Å². The van der Waals surface area contributed by atoms with Crippen LogP contribution >= 0.6 is 11.6 Å². The van der Waals surface area contributed by atoms with Crippen molar-refractivity contribution in [2.24, 2.45) is 0 Å². The standard InChI is InChI=1S/C11H14ClFN2O/c1-2-14-10(16)6-7-15-11-8(12)4-3-5-9(11)13/h3-5,15H,2,6-7H2,1H3,(H,14,16). The largest absolute Gasteiger partial charge is 0.381 e. The van der Waals surface area contributed by atoms with E-state index in [9.17, 15) is 9.18 Å². The molecule has 1 amide bonds. The monoisotopic (exact) mass is 244 g/mol. The van der Waals surface area contributed by atoms with Crippen molar-refractivity contribution in [1.29, 1.82) is 0 Å². The molecule has 88 valence electrons.